The Hall–Kier alpha value is -0.480. The van der Waals surface area contributed by atoms with E-state index in [1.165, 1.54) is 32.1 Å². The molecule has 1 atom stereocenters. The van der Waals surface area contributed by atoms with Crippen molar-refractivity contribution in [1.82, 2.24) is 10.2 Å². The molecule has 22 heavy (non-hydrogen) atoms. The molecule has 1 aromatic rings. The first kappa shape index (κ1) is 16.4. The largest absolute Gasteiger partial charge is 0.506 e. The third kappa shape index (κ3) is 3.38. The smallest absolute Gasteiger partial charge is 0.140 e. The zero-order valence-corrected chi connectivity index (χ0v) is 14.3. The van der Waals surface area contributed by atoms with Crippen molar-refractivity contribution in [2.24, 2.45) is 5.92 Å². The molecular formula is C17H24Cl2N2O. The number of halogens is 2. The normalized spacial score (nSPS) is 22.6. The molecule has 0 unspecified atom stereocenters. The summed E-state index contributed by atoms with van der Waals surface area (Å²) in [6, 6.07) is 4.03. The first-order valence-corrected chi connectivity index (χ1v) is 9.05. The zero-order chi connectivity index (χ0) is 15.5. The summed E-state index contributed by atoms with van der Waals surface area (Å²) >= 11 is 12.2. The van der Waals surface area contributed by atoms with Gasteiger partial charge in [0, 0.05) is 37.8 Å². The van der Waals surface area contributed by atoms with Crippen LogP contribution in [0.3, 0.4) is 0 Å². The van der Waals surface area contributed by atoms with E-state index in [0.717, 1.165) is 31.7 Å². The predicted molar refractivity (Wildman–Crippen MR) is 91.9 cm³/mol. The fourth-order valence-corrected chi connectivity index (χ4v) is 4.28. The Morgan fingerprint density at radius 3 is 2.45 bits per heavy atom. The third-order valence-electron chi connectivity index (χ3n) is 5.06. The van der Waals surface area contributed by atoms with Gasteiger partial charge < -0.3 is 10.4 Å². The Morgan fingerprint density at radius 2 is 1.77 bits per heavy atom. The molecule has 0 aromatic heterocycles. The highest BCUT2D eigenvalue weighted by atomic mass is 35.5. The maximum atomic E-state index is 10.6. The van der Waals surface area contributed by atoms with Gasteiger partial charge in [-0.2, -0.15) is 0 Å². The molecular weight excluding hydrogens is 319 g/mol. The Labute approximate surface area is 142 Å². The summed E-state index contributed by atoms with van der Waals surface area (Å²) in [6.07, 6.45) is 6.37. The summed E-state index contributed by atoms with van der Waals surface area (Å²) in [7, 11) is 0. The topological polar surface area (TPSA) is 35.5 Å². The van der Waals surface area contributed by atoms with Gasteiger partial charge in [-0.05, 0) is 24.8 Å². The standard InChI is InChI=1S/C17H24Cl2N2O/c18-14-7-6-13(17(22)15(14)19)16(12-4-2-1-3-5-12)21-10-8-20-9-11-21/h6-7,12,16,20,22H,1-5,8-11H2/t16-/m0/s1. The Morgan fingerprint density at radius 1 is 1.09 bits per heavy atom. The highest BCUT2D eigenvalue weighted by molar-refractivity contribution is 6.43. The molecule has 3 rings (SSSR count). The lowest BCUT2D eigenvalue weighted by atomic mass is 9.80. The fourth-order valence-electron chi connectivity index (χ4n) is 3.95. The van der Waals surface area contributed by atoms with Gasteiger partial charge in [0.2, 0.25) is 0 Å². The molecule has 0 spiro atoms. The lowest BCUT2D eigenvalue weighted by Crippen LogP contribution is -2.47. The molecule has 5 heteroatoms. The molecule has 1 heterocycles. The maximum absolute atomic E-state index is 10.6. The van der Waals surface area contributed by atoms with Crippen molar-refractivity contribution in [2.75, 3.05) is 26.2 Å². The number of phenolic OH excluding ortho intramolecular Hbond substituents is 1. The van der Waals surface area contributed by atoms with Crippen LogP contribution in [0.4, 0.5) is 0 Å². The second kappa shape index (κ2) is 7.39. The van der Waals surface area contributed by atoms with Crippen molar-refractivity contribution in [3.63, 3.8) is 0 Å². The van der Waals surface area contributed by atoms with Gasteiger partial charge in [0.05, 0.1) is 5.02 Å². The minimum atomic E-state index is 0.170. The van der Waals surface area contributed by atoms with Crippen molar-refractivity contribution in [3.05, 3.63) is 27.7 Å². The van der Waals surface area contributed by atoms with E-state index in [0.29, 0.717) is 10.9 Å². The molecule has 0 amide bonds. The van der Waals surface area contributed by atoms with Gasteiger partial charge in [-0.15, -0.1) is 0 Å². The lowest BCUT2D eigenvalue weighted by molar-refractivity contribution is 0.101. The second-order valence-corrected chi connectivity index (χ2v) is 7.21. The fraction of sp³-hybridized carbons (Fsp3) is 0.647. The quantitative estimate of drug-likeness (QED) is 0.862. The van der Waals surface area contributed by atoms with E-state index >= 15 is 0 Å². The first-order chi connectivity index (χ1) is 10.7. The molecule has 2 aliphatic rings. The number of nitrogens with one attached hydrogen (secondary N) is 1. The monoisotopic (exact) mass is 342 g/mol. The van der Waals surface area contributed by atoms with E-state index in [1.807, 2.05) is 12.1 Å². The summed E-state index contributed by atoms with van der Waals surface area (Å²) in [6.45, 7) is 4.04. The van der Waals surface area contributed by atoms with E-state index in [1.54, 1.807) is 0 Å². The van der Waals surface area contributed by atoms with Crippen LogP contribution < -0.4 is 5.32 Å². The van der Waals surface area contributed by atoms with Crippen LogP contribution in [-0.4, -0.2) is 36.2 Å². The summed E-state index contributed by atoms with van der Waals surface area (Å²) in [5.74, 6) is 0.762. The van der Waals surface area contributed by atoms with Crippen molar-refractivity contribution in [1.29, 1.82) is 0 Å². The molecule has 122 valence electrons. The number of benzene rings is 1. The Balaban J connectivity index is 1.94. The molecule has 1 aliphatic carbocycles. The summed E-state index contributed by atoms with van der Waals surface area (Å²) < 4.78 is 0. The van der Waals surface area contributed by atoms with Crippen LogP contribution in [0.5, 0.6) is 5.75 Å². The Kier molecular flexibility index (Phi) is 5.50. The van der Waals surface area contributed by atoms with E-state index in [4.69, 9.17) is 23.2 Å². The van der Waals surface area contributed by atoms with E-state index in [9.17, 15) is 5.11 Å². The molecule has 1 saturated carbocycles. The summed E-state index contributed by atoms with van der Waals surface area (Å²) in [5, 5.41) is 14.7. The highest BCUT2D eigenvalue weighted by Crippen LogP contribution is 2.45. The molecule has 1 aliphatic heterocycles. The number of nitrogens with zero attached hydrogens (tertiary/aromatic N) is 1. The van der Waals surface area contributed by atoms with Crippen LogP contribution in [0.1, 0.15) is 43.7 Å². The number of hydrogen-bond acceptors (Lipinski definition) is 3. The van der Waals surface area contributed by atoms with Crippen molar-refractivity contribution >= 4 is 23.2 Å². The number of rotatable bonds is 3. The van der Waals surface area contributed by atoms with Crippen molar-refractivity contribution < 1.29 is 5.11 Å². The molecule has 2 fully saturated rings. The third-order valence-corrected chi connectivity index (χ3v) is 5.85. The van der Waals surface area contributed by atoms with Crippen molar-refractivity contribution in [2.45, 2.75) is 38.1 Å². The summed E-state index contributed by atoms with van der Waals surface area (Å²) in [4.78, 5) is 2.51. The molecule has 1 saturated heterocycles. The minimum Gasteiger partial charge on any atom is -0.506 e. The molecule has 0 radical (unpaired) electrons. The molecule has 0 bridgehead atoms. The van der Waals surface area contributed by atoms with Crippen LogP contribution in [0.25, 0.3) is 0 Å². The maximum Gasteiger partial charge on any atom is 0.140 e. The SMILES string of the molecule is Oc1c([C@H](C2CCCCC2)N2CCNCC2)ccc(Cl)c1Cl. The van der Waals surface area contributed by atoms with Crippen LogP contribution >= 0.6 is 23.2 Å². The van der Waals surface area contributed by atoms with Gasteiger partial charge in [0.25, 0.3) is 0 Å². The average Bonchev–Trinajstić information content (AvgIpc) is 2.57. The lowest BCUT2D eigenvalue weighted by Gasteiger charge is -2.41. The zero-order valence-electron chi connectivity index (χ0n) is 12.8. The van der Waals surface area contributed by atoms with E-state index < -0.39 is 0 Å². The number of aromatic hydroxyl groups is 1. The average molecular weight is 343 g/mol. The first-order valence-electron chi connectivity index (χ1n) is 8.30. The van der Waals surface area contributed by atoms with Crippen LogP contribution in [0.2, 0.25) is 10.0 Å². The second-order valence-electron chi connectivity index (χ2n) is 6.43. The van der Waals surface area contributed by atoms with E-state index in [2.05, 4.69) is 10.2 Å². The number of hydrogen-bond donors (Lipinski definition) is 2. The molecule has 2 N–H and O–H groups in total. The Bertz CT molecular complexity index is 494. The van der Waals surface area contributed by atoms with E-state index in [-0.39, 0.29) is 16.8 Å². The number of phenols is 1. The summed E-state index contributed by atoms with van der Waals surface area (Å²) in [5.41, 5.74) is 0.947. The van der Waals surface area contributed by atoms with Gasteiger partial charge in [0.1, 0.15) is 10.8 Å². The minimum absolute atomic E-state index is 0.170. The van der Waals surface area contributed by atoms with Gasteiger partial charge in [-0.1, -0.05) is 48.5 Å². The van der Waals surface area contributed by atoms with Crippen molar-refractivity contribution in [3.8, 4) is 5.75 Å². The molecule has 3 nitrogen and oxygen atoms in total. The molecule has 1 aromatic carbocycles. The van der Waals surface area contributed by atoms with Gasteiger partial charge in [-0.25, -0.2) is 0 Å². The van der Waals surface area contributed by atoms with Crippen LogP contribution in [0.15, 0.2) is 12.1 Å². The predicted octanol–water partition coefficient (Wildman–Crippen LogP) is 4.23. The van der Waals surface area contributed by atoms with Gasteiger partial charge in [0.15, 0.2) is 0 Å². The highest BCUT2D eigenvalue weighted by Gasteiger charge is 2.33. The van der Waals surface area contributed by atoms with Crippen LogP contribution in [-0.2, 0) is 0 Å². The van der Waals surface area contributed by atoms with Gasteiger partial charge in [-0.3, -0.25) is 4.90 Å². The number of piperazine rings is 1. The van der Waals surface area contributed by atoms with Crippen LogP contribution in [0, 0.1) is 5.92 Å². The van der Waals surface area contributed by atoms with Gasteiger partial charge >= 0.3 is 0 Å².